The van der Waals surface area contributed by atoms with Crippen LogP contribution in [0.15, 0.2) is 24.3 Å². The summed E-state index contributed by atoms with van der Waals surface area (Å²) in [6, 6.07) is 8.26. The van der Waals surface area contributed by atoms with Gasteiger partial charge in [0, 0.05) is 24.7 Å². The molecule has 1 fully saturated rings. The maximum atomic E-state index is 6.22. The van der Waals surface area contributed by atoms with Gasteiger partial charge in [-0.3, -0.25) is 0 Å². The Morgan fingerprint density at radius 1 is 1.27 bits per heavy atom. The van der Waals surface area contributed by atoms with Gasteiger partial charge in [-0.1, -0.05) is 48.1 Å². The SMILES string of the molecule is CCCN1CCC(Nc2nnc(-c3ccccc3Cl)s2)CC1. The predicted octanol–water partition coefficient (Wildman–Crippen LogP) is 4.14. The summed E-state index contributed by atoms with van der Waals surface area (Å²) in [5, 5.41) is 14.5. The minimum atomic E-state index is 0.500. The molecule has 2 heterocycles. The van der Waals surface area contributed by atoms with Gasteiger partial charge < -0.3 is 10.2 Å². The molecule has 1 aromatic heterocycles. The maximum Gasteiger partial charge on any atom is 0.206 e. The normalized spacial score (nSPS) is 16.8. The van der Waals surface area contributed by atoms with Gasteiger partial charge in [-0.25, -0.2) is 0 Å². The van der Waals surface area contributed by atoms with Crippen molar-refractivity contribution in [3.05, 3.63) is 29.3 Å². The molecule has 0 aliphatic carbocycles. The summed E-state index contributed by atoms with van der Waals surface area (Å²) in [5.41, 5.74) is 0.951. The second kappa shape index (κ2) is 7.40. The van der Waals surface area contributed by atoms with Crippen LogP contribution < -0.4 is 5.32 Å². The smallest absolute Gasteiger partial charge is 0.206 e. The number of aromatic nitrogens is 2. The molecule has 6 heteroatoms. The van der Waals surface area contributed by atoms with Crippen LogP contribution in [0.3, 0.4) is 0 Å². The highest BCUT2D eigenvalue weighted by Gasteiger charge is 2.20. The predicted molar refractivity (Wildman–Crippen MR) is 93.7 cm³/mol. The van der Waals surface area contributed by atoms with Gasteiger partial charge in [0.05, 0.1) is 5.02 Å². The Morgan fingerprint density at radius 3 is 2.77 bits per heavy atom. The maximum absolute atomic E-state index is 6.22. The largest absolute Gasteiger partial charge is 0.357 e. The summed E-state index contributed by atoms with van der Waals surface area (Å²) in [6.07, 6.45) is 3.57. The standard InChI is InChI=1S/C16H21ClN4S/c1-2-9-21-10-7-12(8-11-21)18-16-20-19-15(22-16)13-5-3-4-6-14(13)17/h3-6,12H,2,7-11H2,1H3,(H,18,20). The van der Waals surface area contributed by atoms with E-state index in [1.165, 1.54) is 38.9 Å². The van der Waals surface area contributed by atoms with Crippen LogP contribution in [0.25, 0.3) is 10.6 Å². The van der Waals surface area contributed by atoms with Gasteiger partial charge in [0.1, 0.15) is 0 Å². The zero-order valence-corrected chi connectivity index (χ0v) is 14.3. The Balaban J connectivity index is 1.60. The summed E-state index contributed by atoms with van der Waals surface area (Å²) in [6.45, 7) is 5.79. The van der Waals surface area contributed by atoms with Gasteiger partial charge in [-0.2, -0.15) is 0 Å². The first-order chi connectivity index (χ1) is 10.8. The van der Waals surface area contributed by atoms with Crippen LogP contribution in [0.2, 0.25) is 5.02 Å². The summed E-state index contributed by atoms with van der Waals surface area (Å²) in [7, 11) is 0. The van der Waals surface area contributed by atoms with Crippen LogP contribution in [-0.2, 0) is 0 Å². The van der Waals surface area contributed by atoms with E-state index < -0.39 is 0 Å². The first-order valence-electron chi connectivity index (χ1n) is 7.83. The van der Waals surface area contributed by atoms with E-state index in [-0.39, 0.29) is 0 Å². The monoisotopic (exact) mass is 336 g/mol. The van der Waals surface area contributed by atoms with Crippen molar-refractivity contribution in [1.82, 2.24) is 15.1 Å². The minimum absolute atomic E-state index is 0.500. The number of nitrogens with zero attached hydrogens (tertiary/aromatic N) is 3. The molecule has 0 radical (unpaired) electrons. The van der Waals surface area contributed by atoms with E-state index in [1.54, 1.807) is 11.3 Å². The van der Waals surface area contributed by atoms with Crippen molar-refractivity contribution in [2.24, 2.45) is 0 Å². The van der Waals surface area contributed by atoms with E-state index in [0.29, 0.717) is 6.04 Å². The van der Waals surface area contributed by atoms with Crippen molar-refractivity contribution in [2.45, 2.75) is 32.2 Å². The lowest BCUT2D eigenvalue weighted by atomic mass is 10.1. The first kappa shape index (κ1) is 15.7. The van der Waals surface area contributed by atoms with Gasteiger partial charge >= 0.3 is 0 Å². The van der Waals surface area contributed by atoms with E-state index in [0.717, 1.165) is 20.7 Å². The fraction of sp³-hybridized carbons (Fsp3) is 0.500. The van der Waals surface area contributed by atoms with Crippen LogP contribution in [0.5, 0.6) is 0 Å². The molecule has 0 bridgehead atoms. The molecule has 1 aliphatic heterocycles. The van der Waals surface area contributed by atoms with E-state index >= 15 is 0 Å². The number of benzene rings is 1. The third kappa shape index (κ3) is 3.77. The number of hydrogen-bond acceptors (Lipinski definition) is 5. The molecule has 1 aromatic carbocycles. The summed E-state index contributed by atoms with van der Waals surface area (Å²) < 4.78 is 0. The van der Waals surface area contributed by atoms with Crippen LogP contribution in [0, 0.1) is 0 Å². The average molecular weight is 337 g/mol. The molecule has 0 atom stereocenters. The molecule has 1 aliphatic rings. The van der Waals surface area contributed by atoms with Gasteiger partial charge in [0.15, 0.2) is 5.01 Å². The lowest BCUT2D eigenvalue weighted by molar-refractivity contribution is 0.219. The molecule has 22 heavy (non-hydrogen) atoms. The van der Waals surface area contributed by atoms with E-state index in [9.17, 15) is 0 Å². The van der Waals surface area contributed by atoms with Crippen LogP contribution in [0.1, 0.15) is 26.2 Å². The van der Waals surface area contributed by atoms with E-state index in [2.05, 4.69) is 27.3 Å². The van der Waals surface area contributed by atoms with Crippen molar-refractivity contribution in [3.63, 3.8) is 0 Å². The number of nitrogens with one attached hydrogen (secondary N) is 1. The summed E-state index contributed by atoms with van der Waals surface area (Å²) >= 11 is 7.79. The fourth-order valence-corrected chi connectivity index (χ4v) is 3.96. The zero-order chi connectivity index (χ0) is 15.4. The molecule has 1 saturated heterocycles. The lowest BCUT2D eigenvalue weighted by Crippen LogP contribution is -2.39. The van der Waals surface area contributed by atoms with Gasteiger partial charge in [0.2, 0.25) is 5.13 Å². The molecular formula is C16H21ClN4S. The molecule has 0 saturated carbocycles. The average Bonchev–Trinajstić information content (AvgIpc) is 2.98. The molecule has 0 unspecified atom stereocenters. The summed E-state index contributed by atoms with van der Waals surface area (Å²) in [5.74, 6) is 0. The first-order valence-corrected chi connectivity index (χ1v) is 9.03. The summed E-state index contributed by atoms with van der Waals surface area (Å²) in [4.78, 5) is 2.54. The number of likely N-dealkylation sites (tertiary alicyclic amines) is 1. The Kier molecular flexibility index (Phi) is 5.28. The Bertz CT molecular complexity index is 608. The molecule has 4 nitrogen and oxygen atoms in total. The molecule has 0 amide bonds. The fourth-order valence-electron chi connectivity index (χ4n) is 2.82. The number of piperidine rings is 1. The minimum Gasteiger partial charge on any atom is -0.357 e. The highest BCUT2D eigenvalue weighted by molar-refractivity contribution is 7.18. The van der Waals surface area contributed by atoms with E-state index in [4.69, 9.17) is 11.6 Å². The van der Waals surface area contributed by atoms with Gasteiger partial charge in [-0.15, -0.1) is 10.2 Å². The lowest BCUT2D eigenvalue weighted by Gasteiger charge is -2.31. The van der Waals surface area contributed by atoms with Crippen molar-refractivity contribution in [1.29, 1.82) is 0 Å². The van der Waals surface area contributed by atoms with Gasteiger partial charge in [0.25, 0.3) is 0 Å². The van der Waals surface area contributed by atoms with Crippen molar-refractivity contribution in [3.8, 4) is 10.6 Å². The number of rotatable bonds is 5. The molecule has 1 N–H and O–H groups in total. The van der Waals surface area contributed by atoms with Crippen molar-refractivity contribution >= 4 is 28.1 Å². The van der Waals surface area contributed by atoms with Crippen molar-refractivity contribution < 1.29 is 0 Å². The van der Waals surface area contributed by atoms with Crippen LogP contribution >= 0.6 is 22.9 Å². The van der Waals surface area contributed by atoms with Crippen molar-refractivity contribution in [2.75, 3.05) is 25.0 Å². The third-order valence-corrected chi connectivity index (χ3v) is 5.20. The molecular weight excluding hydrogens is 316 g/mol. The van der Waals surface area contributed by atoms with E-state index in [1.807, 2.05) is 24.3 Å². The van der Waals surface area contributed by atoms with Crippen LogP contribution in [0.4, 0.5) is 5.13 Å². The third-order valence-electron chi connectivity index (χ3n) is 3.98. The highest BCUT2D eigenvalue weighted by atomic mass is 35.5. The number of halogens is 1. The molecule has 0 spiro atoms. The number of anilines is 1. The Morgan fingerprint density at radius 2 is 2.05 bits per heavy atom. The number of hydrogen-bond donors (Lipinski definition) is 1. The molecule has 3 rings (SSSR count). The Labute approximate surface area is 140 Å². The Hall–Kier alpha value is -1.17. The quantitative estimate of drug-likeness (QED) is 0.890. The second-order valence-electron chi connectivity index (χ2n) is 5.65. The second-order valence-corrected chi connectivity index (χ2v) is 7.04. The van der Waals surface area contributed by atoms with Gasteiger partial charge in [-0.05, 0) is 31.9 Å². The highest BCUT2D eigenvalue weighted by Crippen LogP contribution is 2.32. The van der Waals surface area contributed by atoms with Crippen LogP contribution in [-0.4, -0.2) is 40.8 Å². The molecule has 2 aromatic rings. The zero-order valence-electron chi connectivity index (χ0n) is 12.8. The topological polar surface area (TPSA) is 41.0 Å². The molecule has 118 valence electrons.